The van der Waals surface area contributed by atoms with Gasteiger partial charge in [0.2, 0.25) is 0 Å². The average Bonchev–Trinajstić information content (AvgIpc) is 2.77. The number of carbonyl (C=O) groups is 1. The van der Waals surface area contributed by atoms with Gasteiger partial charge in [-0.3, -0.25) is 0 Å². The molecule has 0 spiro atoms. The van der Waals surface area contributed by atoms with Crippen LogP contribution >= 0.6 is 27.3 Å². The first-order valence-electron chi connectivity index (χ1n) is 4.51. The number of carbonyl (C=O) groups excluding carboxylic acids is 1. The first kappa shape index (κ1) is 10.3. The van der Waals surface area contributed by atoms with E-state index in [1.165, 1.54) is 4.88 Å². The first-order chi connectivity index (χ1) is 6.74. The average molecular weight is 275 g/mol. The molecule has 1 aliphatic rings. The highest BCUT2D eigenvalue weighted by molar-refractivity contribution is 9.10. The van der Waals surface area contributed by atoms with Crippen molar-refractivity contribution in [1.82, 2.24) is 0 Å². The quantitative estimate of drug-likeness (QED) is 0.793. The smallest absolute Gasteiger partial charge is 0.128 e. The number of aldehydes is 1. The molecule has 1 saturated heterocycles. The molecule has 0 saturated carbocycles. The molecule has 2 heterocycles. The predicted octanol–water partition coefficient (Wildman–Crippen LogP) is 2.66. The van der Waals surface area contributed by atoms with Gasteiger partial charge in [-0.2, -0.15) is 0 Å². The third kappa shape index (κ3) is 2.07. The van der Waals surface area contributed by atoms with Gasteiger partial charge in [-0.1, -0.05) is 0 Å². The summed E-state index contributed by atoms with van der Waals surface area (Å²) < 4.78 is 6.39. The van der Waals surface area contributed by atoms with Crippen molar-refractivity contribution in [3.05, 3.63) is 20.8 Å². The lowest BCUT2D eigenvalue weighted by molar-refractivity contribution is -0.116. The Hall–Kier alpha value is -0.190. The van der Waals surface area contributed by atoms with Crippen LogP contribution in [0.1, 0.15) is 11.3 Å². The minimum atomic E-state index is -0.260. The summed E-state index contributed by atoms with van der Waals surface area (Å²) in [6, 6.07) is 2.08. The molecule has 1 unspecified atom stereocenters. The van der Waals surface area contributed by atoms with E-state index in [2.05, 4.69) is 22.0 Å². The predicted molar refractivity (Wildman–Crippen MR) is 59.7 cm³/mol. The van der Waals surface area contributed by atoms with Crippen molar-refractivity contribution in [3.8, 4) is 0 Å². The van der Waals surface area contributed by atoms with E-state index in [4.69, 9.17) is 4.74 Å². The third-order valence-electron chi connectivity index (χ3n) is 2.53. The molecular formula is C10H11BrO2S. The number of thiophene rings is 1. The molecule has 14 heavy (non-hydrogen) atoms. The first-order valence-corrected chi connectivity index (χ1v) is 6.18. The van der Waals surface area contributed by atoms with Gasteiger partial charge in [-0.05, 0) is 34.8 Å². The monoisotopic (exact) mass is 274 g/mol. The Morgan fingerprint density at radius 1 is 1.71 bits per heavy atom. The summed E-state index contributed by atoms with van der Waals surface area (Å²) >= 11 is 5.10. The van der Waals surface area contributed by atoms with Crippen LogP contribution in [0, 0.1) is 5.41 Å². The molecule has 0 bridgehead atoms. The van der Waals surface area contributed by atoms with E-state index in [0.29, 0.717) is 13.2 Å². The van der Waals surface area contributed by atoms with Gasteiger partial charge in [-0.25, -0.2) is 0 Å². The number of halogens is 1. The molecule has 0 aromatic carbocycles. The molecule has 2 rings (SSSR count). The normalized spacial score (nSPS) is 26.6. The highest BCUT2D eigenvalue weighted by Crippen LogP contribution is 2.33. The van der Waals surface area contributed by atoms with Crippen molar-refractivity contribution < 1.29 is 9.53 Å². The third-order valence-corrected chi connectivity index (χ3v) is 4.23. The Morgan fingerprint density at radius 3 is 3.07 bits per heavy atom. The number of hydrogen-bond donors (Lipinski definition) is 0. The van der Waals surface area contributed by atoms with E-state index >= 15 is 0 Å². The maximum Gasteiger partial charge on any atom is 0.128 e. The van der Waals surface area contributed by atoms with E-state index in [0.717, 1.165) is 23.6 Å². The zero-order valence-electron chi connectivity index (χ0n) is 7.66. The van der Waals surface area contributed by atoms with Gasteiger partial charge in [0.1, 0.15) is 6.29 Å². The van der Waals surface area contributed by atoms with E-state index in [1.807, 2.05) is 5.38 Å². The fraction of sp³-hybridized carbons (Fsp3) is 0.500. The second kappa shape index (κ2) is 4.13. The van der Waals surface area contributed by atoms with Crippen LogP contribution in [0.3, 0.4) is 0 Å². The Labute approximate surface area is 95.4 Å². The lowest BCUT2D eigenvalue weighted by Gasteiger charge is -2.18. The lowest BCUT2D eigenvalue weighted by Crippen LogP contribution is -2.25. The Balaban J connectivity index is 2.11. The van der Waals surface area contributed by atoms with Gasteiger partial charge in [-0.15, -0.1) is 11.3 Å². The molecular weight excluding hydrogens is 264 g/mol. The minimum Gasteiger partial charge on any atom is -0.380 e. The van der Waals surface area contributed by atoms with Gasteiger partial charge in [0.05, 0.1) is 12.0 Å². The molecule has 1 atom stereocenters. The van der Waals surface area contributed by atoms with Gasteiger partial charge in [0.15, 0.2) is 0 Å². The molecule has 0 amide bonds. The molecule has 4 heteroatoms. The summed E-state index contributed by atoms with van der Waals surface area (Å²) in [6.07, 6.45) is 2.73. The molecule has 0 aliphatic carbocycles. The van der Waals surface area contributed by atoms with E-state index in [-0.39, 0.29) is 5.41 Å². The van der Waals surface area contributed by atoms with Crippen LogP contribution in [0.4, 0.5) is 0 Å². The summed E-state index contributed by atoms with van der Waals surface area (Å²) in [4.78, 5) is 12.3. The maximum absolute atomic E-state index is 11.1. The number of rotatable bonds is 3. The minimum absolute atomic E-state index is 0.260. The summed E-state index contributed by atoms with van der Waals surface area (Å²) in [7, 11) is 0. The summed E-state index contributed by atoms with van der Waals surface area (Å²) in [5.41, 5.74) is -0.260. The fourth-order valence-electron chi connectivity index (χ4n) is 1.69. The SMILES string of the molecule is O=CC1(Cc2cc(Br)cs2)CCOC1. The highest BCUT2D eigenvalue weighted by Gasteiger charge is 2.35. The van der Waals surface area contributed by atoms with E-state index < -0.39 is 0 Å². The second-order valence-electron chi connectivity index (χ2n) is 3.69. The molecule has 0 radical (unpaired) electrons. The maximum atomic E-state index is 11.1. The van der Waals surface area contributed by atoms with Crippen molar-refractivity contribution in [2.24, 2.45) is 5.41 Å². The van der Waals surface area contributed by atoms with Crippen molar-refractivity contribution in [3.63, 3.8) is 0 Å². The van der Waals surface area contributed by atoms with Gasteiger partial charge < -0.3 is 9.53 Å². The van der Waals surface area contributed by atoms with Crippen LogP contribution in [0.15, 0.2) is 15.9 Å². The van der Waals surface area contributed by atoms with Gasteiger partial charge >= 0.3 is 0 Å². The molecule has 76 valence electrons. The van der Waals surface area contributed by atoms with Gasteiger partial charge in [0.25, 0.3) is 0 Å². The molecule has 1 fully saturated rings. The number of ether oxygens (including phenoxy) is 1. The molecule has 2 nitrogen and oxygen atoms in total. The second-order valence-corrected chi connectivity index (χ2v) is 5.60. The largest absolute Gasteiger partial charge is 0.380 e. The Morgan fingerprint density at radius 2 is 2.57 bits per heavy atom. The fourth-order valence-corrected chi connectivity index (χ4v) is 3.30. The topological polar surface area (TPSA) is 26.3 Å². The van der Waals surface area contributed by atoms with Crippen molar-refractivity contribution in [1.29, 1.82) is 0 Å². The van der Waals surface area contributed by atoms with Crippen LogP contribution in [-0.2, 0) is 16.0 Å². The lowest BCUT2D eigenvalue weighted by atomic mass is 9.85. The molecule has 1 aliphatic heterocycles. The molecule has 1 aromatic rings. The molecule has 0 N–H and O–H groups in total. The Bertz CT molecular complexity index is 329. The Kier molecular flexibility index (Phi) is 3.04. The van der Waals surface area contributed by atoms with Crippen LogP contribution in [0.2, 0.25) is 0 Å². The van der Waals surface area contributed by atoms with Crippen LogP contribution in [0.5, 0.6) is 0 Å². The van der Waals surface area contributed by atoms with Crippen molar-refractivity contribution in [2.45, 2.75) is 12.8 Å². The summed E-state index contributed by atoms with van der Waals surface area (Å²) in [5.74, 6) is 0. The van der Waals surface area contributed by atoms with Crippen LogP contribution < -0.4 is 0 Å². The number of hydrogen-bond acceptors (Lipinski definition) is 3. The zero-order valence-corrected chi connectivity index (χ0v) is 10.1. The van der Waals surface area contributed by atoms with Crippen molar-refractivity contribution >= 4 is 33.6 Å². The van der Waals surface area contributed by atoms with Crippen molar-refractivity contribution in [2.75, 3.05) is 13.2 Å². The van der Waals surface area contributed by atoms with Crippen LogP contribution in [-0.4, -0.2) is 19.5 Å². The van der Waals surface area contributed by atoms with Gasteiger partial charge in [0, 0.05) is 21.3 Å². The van der Waals surface area contributed by atoms with E-state index in [9.17, 15) is 4.79 Å². The highest BCUT2D eigenvalue weighted by atomic mass is 79.9. The van der Waals surface area contributed by atoms with Crippen LogP contribution in [0.25, 0.3) is 0 Å². The molecule has 1 aromatic heterocycles. The zero-order chi connectivity index (χ0) is 10.0. The van der Waals surface area contributed by atoms with E-state index in [1.54, 1.807) is 11.3 Å². The standard InChI is InChI=1S/C10H11BrO2S/c11-8-3-9(14-5-8)4-10(6-12)1-2-13-7-10/h3,5-6H,1-2,4,7H2. The summed E-state index contributed by atoms with van der Waals surface area (Å²) in [6.45, 7) is 1.29. The summed E-state index contributed by atoms with van der Waals surface area (Å²) in [5, 5.41) is 2.05.